The first-order valence-electron chi connectivity index (χ1n) is 6.64. The van der Waals surface area contributed by atoms with E-state index in [0.29, 0.717) is 10.6 Å². The molecule has 0 spiro atoms. The number of oxime groups is 1. The maximum absolute atomic E-state index is 8.73. The second kappa shape index (κ2) is 8.79. The number of rotatable bonds is 8. The summed E-state index contributed by atoms with van der Waals surface area (Å²) < 4.78 is 0. The first-order chi connectivity index (χ1) is 9.58. The molecule has 0 radical (unpaired) electrons. The van der Waals surface area contributed by atoms with Crippen LogP contribution >= 0.6 is 11.6 Å². The first kappa shape index (κ1) is 16.8. The Morgan fingerprint density at radius 1 is 1.35 bits per heavy atom. The number of nitrogens with zero attached hydrogens (tertiary/aromatic N) is 2. The molecule has 0 aliphatic rings. The Morgan fingerprint density at radius 3 is 2.70 bits per heavy atom. The molecule has 1 rings (SSSR count). The van der Waals surface area contributed by atoms with E-state index < -0.39 is 0 Å². The fourth-order valence-corrected chi connectivity index (χ4v) is 2.17. The van der Waals surface area contributed by atoms with E-state index in [0.717, 1.165) is 37.9 Å². The van der Waals surface area contributed by atoms with E-state index in [4.69, 9.17) is 27.6 Å². The minimum absolute atomic E-state index is 0.0517. The van der Waals surface area contributed by atoms with Crippen LogP contribution in [0.3, 0.4) is 0 Å². The van der Waals surface area contributed by atoms with Crippen molar-refractivity contribution >= 4 is 17.4 Å². The third kappa shape index (κ3) is 5.36. The summed E-state index contributed by atoms with van der Waals surface area (Å²) in [4.78, 5) is 2.18. The molecule has 0 saturated carbocycles. The summed E-state index contributed by atoms with van der Waals surface area (Å²) in [7, 11) is 2.03. The Balaban J connectivity index is 2.55. The number of halogens is 1. The summed E-state index contributed by atoms with van der Waals surface area (Å²) in [5.41, 5.74) is 7.13. The fraction of sp³-hybridized carbons (Fsp3) is 0.500. The summed E-state index contributed by atoms with van der Waals surface area (Å²) in [5, 5.41) is 20.9. The predicted molar refractivity (Wildman–Crippen MR) is 81.2 cm³/mol. The minimum atomic E-state index is 0.0517. The maximum atomic E-state index is 8.73. The van der Waals surface area contributed by atoms with Gasteiger partial charge in [-0.15, -0.1) is 0 Å². The van der Waals surface area contributed by atoms with E-state index in [1.54, 1.807) is 12.1 Å². The smallest absolute Gasteiger partial charge is 0.170 e. The Kier molecular flexibility index (Phi) is 7.36. The molecule has 0 fully saturated rings. The number of nitrogens with two attached hydrogens (primary N) is 1. The topological polar surface area (TPSA) is 82.1 Å². The van der Waals surface area contributed by atoms with Gasteiger partial charge in [-0.05, 0) is 44.5 Å². The van der Waals surface area contributed by atoms with Gasteiger partial charge in [-0.1, -0.05) is 28.9 Å². The number of benzene rings is 1. The molecular weight excluding hydrogens is 278 g/mol. The van der Waals surface area contributed by atoms with Crippen molar-refractivity contribution in [3.8, 4) is 0 Å². The van der Waals surface area contributed by atoms with Crippen molar-refractivity contribution in [1.29, 1.82) is 0 Å². The molecule has 0 aromatic heterocycles. The number of amidine groups is 1. The van der Waals surface area contributed by atoms with Gasteiger partial charge < -0.3 is 20.9 Å². The van der Waals surface area contributed by atoms with Gasteiger partial charge >= 0.3 is 0 Å². The molecule has 0 amide bonds. The largest absolute Gasteiger partial charge is 0.409 e. The van der Waals surface area contributed by atoms with Crippen LogP contribution in [0.4, 0.5) is 0 Å². The van der Waals surface area contributed by atoms with Crippen LogP contribution in [0.15, 0.2) is 23.4 Å². The van der Waals surface area contributed by atoms with Crippen molar-refractivity contribution in [3.05, 3.63) is 34.3 Å². The van der Waals surface area contributed by atoms with Gasteiger partial charge in [0.05, 0.1) is 0 Å². The van der Waals surface area contributed by atoms with Crippen molar-refractivity contribution in [3.63, 3.8) is 0 Å². The molecule has 4 N–H and O–H groups in total. The third-order valence-electron chi connectivity index (χ3n) is 3.09. The van der Waals surface area contributed by atoms with E-state index in [9.17, 15) is 0 Å². The summed E-state index contributed by atoms with van der Waals surface area (Å²) >= 11 is 6.21. The molecule has 112 valence electrons. The lowest BCUT2D eigenvalue weighted by Crippen LogP contribution is -2.20. The van der Waals surface area contributed by atoms with Crippen molar-refractivity contribution in [2.45, 2.75) is 25.8 Å². The summed E-state index contributed by atoms with van der Waals surface area (Å²) in [5.74, 6) is 0.0517. The van der Waals surface area contributed by atoms with E-state index in [-0.39, 0.29) is 12.4 Å². The normalized spacial score (nSPS) is 12.1. The molecule has 1 aromatic rings. The highest BCUT2D eigenvalue weighted by atomic mass is 35.5. The molecule has 0 unspecified atom stereocenters. The van der Waals surface area contributed by atoms with Gasteiger partial charge in [-0.2, -0.15) is 0 Å². The Bertz CT molecular complexity index is 452. The summed E-state index contributed by atoms with van der Waals surface area (Å²) in [6.45, 7) is 1.96. The minimum Gasteiger partial charge on any atom is -0.409 e. The Morgan fingerprint density at radius 2 is 2.10 bits per heavy atom. The van der Waals surface area contributed by atoms with E-state index in [1.807, 2.05) is 13.1 Å². The average molecular weight is 300 g/mol. The van der Waals surface area contributed by atoms with Crippen molar-refractivity contribution in [2.75, 3.05) is 20.2 Å². The third-order valence-corrected chi connectivity index (χ3v) is 3.45. The predicted octanol–water partition coefficient (Wildman–Crippen LogP) is 2.03. The molecule has 20 heavy (non-hydrogen) atoms. The van der Waals surface area contributed by atoms with Gasteiger partial charge in [0.15, 0.2) is 5.84 Å². The second-order valence-electron chi connectivity index (χ2n) is 4.81. The van der Waals surface area contributed by atoms with Crippen LogP contribution in [0.2, 0.25) is 5.02 Å². The van der Waals surface area contributed by atoms with Crippen LogP contribution in [0.5, 0.6) is 0 Å². The molecule has 0 bridgehead atoms. The van der Waals surface area contributed by atoms with Crippen LogP contribution in [0.25, 0.3) is 0 Å². The lowest BCUT2D eigenvalue weighted by atomic mass is 10.1. The van der Waals surface area contributed by atoms with Gasteiger partial charge in [-0.25, -0.2) is 0 Å². The first-order valence-corrected chi connectivity index (χ1v) is 7.02. The van der Waals surface area contributed by atoms with Crippen LogP contribution in [-0.2, 0) is 6.54 Å². The quantitative estimate of drug-likeness (QED) is 0.225. The number of hydrogen-bond donors (Lipinski definition) is 3. The number of aliphatic hydroxyl groups excluding tert-OH is 1. The standard InChI is InChI=1S/C14H22ClN3O2/c1-18(7-3-2-4-8-19)10-12-6-5-11(9-13(12)15)14(16)17-20/h5-6,9,19-20H,2-4,7-8,10H2,1H3,(H2,16,17). The van der Waals surface area contributed by atoms with Crippen LogP contribution in [0, 0.1) is 0 Å². The number of unbranched alkanes of at least 4 members (excludes halogenated alkanes) is 2. The summed E-state index contributed by atoms with van der Waals surface area (Å²) in [6.07, 6.45) is 2.93. The number of hydrogen-bond acceptors (Lipinski definition) is 4. The number of aliphatic hydroxyl groups is 1. The van der Waals surface area contributed by atoms with Gasteiger partial charge in [0.2, 0.25) is 0 Å². The van der Waals surface area contributed by atoms with Crippen LogP contribution in [0.1, 0.15) is 30.4 Å². The molecule has 0 heterocycles. The van der Waals surface area contributed by atoms with Crippen LogP contribution < -0.4 is 5.73 Å². The molecule has 5 nitrogen and oxygen atoms in total. The lowest BCUT2D eigenvalue weighted by molar-refractivity contribution is 0.271. The van der Waals surface area contributed by atoms with Gasteiger partial charge in [0.1, 0.15) is 0 Å². The fourth-order valence-electron chi connectivity index (χ4n) is 1.93. The molecule has 6 heteroatoms. The lowest BCUT2D eigenvalue weighted by Gasteiger charge is -2.17. The van der Waals surface area contributed by atoms with E-state index >= 15 is 0 Å². The molecule has 0 aliphatic heterocycles. The Labute approximate surface area is 124 Å². The molecule has 1 aromatic carbocycles. The molecule has 0 atom stereocenters. The zero-order valence-corrected chi connectivity index (χ0v) is 12.5. The molecular formula is C14H22ClN3O2. The highest BCUT2D eigenvalue weighted by Crippen LogP contribution is 2.19. The van der Waals surface area contributed by atoms with Crippen molar-refractivity contribution in [1.82, 2.24) is 4.90 Å². The van der Waals surface area contributed by atoms with Crippen molar-refractivity contribution < 1.29 is 10.3 Å². The van der Waals surface area contributed by atoms with Crippen LogP contribution in [-0.4, -0.2) is 41.2 Å². The van der Waals surface area contributed by atoms with Gasteiger partial charge in [0.25, 0.3) is 0 Å². The zero-order chi connectivity index (χ0) is 15.0. The highest BCUT2D eigenvalue weighted by Gasteiger charge is 2.07. The summed E-state index contributed by atoms with van der Waals surface area (Å²) in [6, 6.07) is 5.38. The molecule has 0 saturated heterocycles. The van der Waals surface area contributed by atoms with Gasteiger partial charge in [0, 0.05) is 23.7 Å². The average Bonchev–Trinajstić information content (AvgIpc) is 2.45. The monoisotopic (exact) mass is 299 g/mol. The highest BCUT2D eigenvalue weighted by molar-refractivity contribution is 6.31. The van der Waals surface area contributed by atoms with E-state index in [2.05, 4.69) is 10.1 Å². The zero-order valence-electron chi connectivity index (χ0n) is 11.7. The molecule has 0 aliphatic carbocycles. The second-order valence-corrected chi connectivity index (χ2v) is 5.22. The van der Waals surface area contributed by atoms with E-state index in [1.165, 1.54) is 0 Å². The Hall–Kier alpha value is -1.30. The SMILES string of the molecule is CN(CCCCCO)Cc1ccc(/C(N)=N/O)cc1Cl. The van der Waals surface area contributed by atoms with Gasteiger partial charge in [-0.3, -0.25) is 0 Å². The maximum Gasteiger partial charge on any atom is 0.170 e. The van der Waals surface area contributed by atoms with Crippen molar-refractivity contribution in [2.24, 2.45) is 10.9 Å².